The fraction of sp³-hybridized carbons (Fsp3) is 0.694. The number of unbranched alkanes of at least 4 members (excludes halogenated alkanes) is 23. The molecular weight excluding hydrogens is 841 g/mol. The van der Waals surface area contributed by atoms with E-state index in [-0.39, 0.29) is 31.1 Å². The van der Waals surface area contributed by atoms with Crippen LogP contribution in [0.5, 0.6) is 0 Å². The normalized spacial score (nSPS) is 12.8. The Labute approximate surface area is 419 Å². The maximum atomic E-state index is 12.8. The van der Waals surface area contributed by atoms with Crippen LogP contribution in [0.1, 0.15) is 258 Å². The number of rotatable bonds is 50. The molecule has 0 aliphatic rings. The van der Waals surface area contributed by atoms with Gasteiger partial charge in [-0.1, -0.05) is 234 Å². The molecule has 0 aromatic heterocycles. The van der Waals surface area contributed by atoms with Gasteiger partial charge in [0.1, 0.15) is 13.2 Å². The smallest absolute Gasteiger partial charge is 0.306 e. The van der Waals surface area contributed by atoms with Crippen LogP contribution in [0.2, 0.25) is 0 Å². The van der Waals surface area contributed by atoms with Crippen LogP contribution in [0.25, 0.3) is 0 Å². The molecule has 0 aromatic carbocycles. The van der Waals surface area contributed by atoms with Crippen molar-refractivity contribution in [2.24, 2.45) is 0 Å². The van der Waals surface area contributed by atoms with E-state index in [1.54, 1.807) is 0 Å². The van der Waals surface area contributed by atoms with Crippen LogP contribution in [-0.4, -0.2) is 37.2 Å². The Kier molecular flexibility index (Phi) is 52.9. The number of hydrogen-bond donors (Lipinski definition) is 0. The van der Waals surface area contributed by atoms with Crippen molar-refractivity contribution >= 4 is 17.9 Å². The molecule has 6 nitrogen and oxygen atoms in total. The number of allylic oxidation sites excluding steroid dienone is 16. The molecule has 0 fully saturated rings. The van der Waals surface area contributed by atoms with Crippen molar-refractivity contribution in [1.82, 2.24) is 0 Å². The molecule has 1 unspecified atom stereocenters. The van der Waals surface area contributed by atoms with Crippen molar-refractivity contribution in [2.45, 2.75) is 264 Å². The van der Waals surface area contributed by atoms with E-state index < -0.39 is 6.10 Å². The minimum Gasteiger partial charge on any atom is -0.462 e. The van der Waals surface area contributed by atoms with E-state index in [1.165, 1.54) is 96.3 Å². The van der Waals surface area contributed by atoms with Crippen LogP contribution in [-0.2, 0) is 28.6 Å². The molecule has 1 atom stereocenters. The van der Waals surface area contributed by atoms with Crippen LogP contribution in [0, 0.1) is 0 Å². The topological polar surface area (TPSA) is 78.9 Å². The molecular formula is C62H104O6. The average molecular weight is 946 g/mol. The first kappa shape index (κ1) is 64.3. The summed E-state index contributed by atoms with van der Waals surface area (Å²) in [6.45, 7) is 6.45. The molecule has 0 amide bonds. The standard InChI is InChI=1S/C62H104O6/c1-4-7-10-13-16-18-20-22-24-26-28-29-30-31-32-33-34-36-37-39-41-43-46-49-52-55-61(64)67-58-59(57-66-60(63)54-51-48-45-15-12-9-6-3)68-62(65)56-53-50-47-44-42-40-38-35-27-25-23-21-19-17-14-11-8-5-2/h7,10,16,18-19,21-22,24-25,27-29,31-32,34,36,59H,4-6,8-9,11-15,17,20,23,26,30,33,35,37-58H2,1-3H3/b10-7-,18-16-,21-19-,24-22-,27-25-,29-28-,32-31-,36-34-. The predicted octanol–water partition coefficient (Wildman–Crippen LogP) is 18.9. The third kappa shape index (κ3) is 53.3. The summed E-state index contributed by atoms with van der Waals surface area (Å²) in [6.07, 6.45) is 74.1. The van der Waals surface area contributed by atoms with Crippen LogP contribution in [0.4, 0.5) is 0 Å². The van der Waals surface area contributed by atoms with Gasteiger partial charge in [-0.2, -0.15) is 0 Å². The van der Waals surface area contributed by atoms with Gasteiger partial charge in [0, 0.05) is 19.3 Å². The third-order valence-corrected chi connectivity index (χ3v) is 11.8. The van der Waals surface area contributed by atoms with E-state index in [2.05, 4.69) is 118 Å². The fourth-order valence-corrected chi connectivity index (χ4v) is 7.59. The highest BCUT2D eigenvalue weighted by Crippen LogP contribution is 2.14. The summed E-state index contributed by atoms with van der Waals surface area (Å²) in [5, 5.41) is 0. The lowest BCUT2D eigenvalue weighted by Gasteiger charge is -2.18. The Hall–Kier alpha value is -3.67. The zero-order valence-electron chi connectivity index (χ0n) is 44.3. The molecule has 68 heavy (non-hydrogen) atoms. The van der Waals surface area contributed by atoms with Gasteiger partial charge in [0.05, 0.1) is 0 Å². The van der Waals surface area contributed by atoms with E-state index in [0.29, 0.717) is 19.3 Å². The quantitative estimate of drug-likeness (QED) is 0.0262. The van der Waals surface area contributed by atoms with Crippen LogP contribution in [0.3, 0.4) is 0 Å². The zero-order chi connectivity index (χ0) is 49.3. The Morgan fingerprint density at radius 1 is 0.309 bits per heavy atom. The molecule has 0 heterocycles. The van der Waals surface area contributed by atoms with E-state index in [1.807, 2.05) is 0 Å². The van der Waals surface area contributed by atoms with E-state index in [0.717, 1.165) is 122 Å². The molecule has 0 saturated carbocycles. The molecule has 0 aliphatic carbocycles. The number of ether oxygens (including phenoxy) is 3. The minimum absolute atomic E-state index is 0.0854. The molecule has 0 radical (unpaired) electrons. The summed E-state index contributed by atoms with van der Waals surface area (Å²) in [7, 11) is 0. The van der Waals surface area contributed by atoms with Gasteiger partial charge in [-0.25, -0.2) is 0 Å². The van der Waals surface area contributed by atoms with E-state index in [9.17, 15) is 14.4 Å². The number of carbonyl (C=O) groups is 3. The predicted molar refractivity (Wildman–Crippen MR) is 293 cm³/mol. The van der Waals surface area contributed by atoms with Gasteiger partial charge in [0.2, 0.25) is 0 Å². The van der Waals surface area contributed by atoms with Crippen molar-refractivity contribution in [3.05, 3.63) is 97.2 Å². The van der Waals surface area contributed by atoms with Crippen molar-refractivity contribution in [2.75, 3.05) is 13.2 Å². The average Bonchev–Trinajstić information content (AvgIpc) is 3.34. The summed E-state index contributed by atoms with van der Waals surface area (Å²) in [6, 6.07) is 0. The Bertz CT molecular complexity index is 1360. The van der Waals surface area contributed by atoms with Gasteiger partial charge < -0.3 is 14.2 Å². The number of esters is 3. The van der Waals surface area contributed by atoms with Crippen LogP contribution >= 0.6 is 0 Å². The first-order valence-corrected chi connectivity index (χ1v) is 28.2. The number of hydrogen-bond acceptors (Lipinski definition) is 6. The van der Waals surface area contributed by atoms with Crippen molar-refractivity contribution in [1.29, 1.82) is 0 Å². The Morgan fingerprint density at radius 2 is 0.574 bits per heavy atom. The highest BCUT2D eigenvalue weighted by atomic mass is 16.6. The second-order valence-electron chi connectivity index (χ2n) is 18.5. The second-order valence-corrected chi connectivity index (χ2v) is 18.5. The van der Waals surface area contributed by atoms with Gasteiger partial charge in [0.25, 0.3) is 0 Å². The summed E-state index contributed by atoms with van der Waals surface area (Å²) in [5.74, 6) is -0.914. The third-order valence-electron chi connectivity index (χ3n) is 11.8. The van der Waals surface area contributed by atoms with Crippen LogP contribution < -0.4 is 0 Å². The summed E-state index contributed by atoms with van der Waals surface area (Å²) < 4.78 is 16.8. The first-order chi connectivity index (χ1) is 33.5. The van der Waals surface area contributed by atoms with Crippen molar-refractivity contribution in [3.8, 4) is 0 Å². The maximum Gasteiger partial charge on any atom is 0.306 e. The molecule has 0 spiro atoms. The van der Waals surface area contributed by atoms with E-state index >= 15 is 0 Å². The highest BCUT2D eigenvalue weighted by molar-refractivity contribution is 5.71. The Morgan fingerprint density at radius 3 is 0.912 bits per heavy atom. The SMILES string of the molecule is CC/C=C\C/C=C\C/C=C\C/C=C\C/C=C\C/C=C\CCCCCCCCC(=O)OCC(COC(=O)CCCCCCCCC)OC(=O)CCCCCCCCC/C=C\C/C=C\CCCCCC. The second kappa shape index (κ2) is 55.9. The van der Waals surface area contributed by atoms with Gasteiger partial charge >= 0.3 is 17.9 Å². The van der Waals surface area contributed by atoms with Gasteiger partial charge in [-0.15, -0.1) is 0 Å². The molecule has 0 N–H and O–H groups in total. The largest absolute Gasteiger partial charge is 0.462 e. The number of carbonyl (C=O) groups excluding carboxylic acids is 3. The van der Waals surface area contributed by atoms with E-state index in [4.69, 9.17) is 14.2 Å². The lowest BCUT2D eigenvalue weighted by Crippen LogP contribution is -2.30. The Balaban J connectivity index is 4.26. The molecule has 0 aromatic rings. The molecule has 388 valence electrons. The summed E-state index contributed by atoms with van der Waals surface area (Å²) >= 11 is 0. The van der Waals surface area contributed by atoms with Gasteiger partial charge in [-0.3, -0.25) is 14.4 Å². The van der Waals surface area contributed by atoms with Crippen LogP contribution in [0.15, 0.2) is 97.2 Å². The fourth-order valence-electron chi connectivity index (χ4n) is 7.59. The summed E-state index contributed by atoms with van der Waals surface area (Å²) in [4.78, 5) is 37.9. The zero-order valence-corrected chi connectivity index (χ0v) is 44.3. The lowest BCUT2D eigenvalue weighted by molar-refractivity contribution is -0.167. The molecule has 0 bridgehead atoms. The first-order valence-electron chi connectivity index (χ1n) is 28.2. The van der Waals surface area contributed by atoms with Gasteiger partial charge in [-0.05, 0) is 103 Å². The van der Waals surface area contributed by atoms with Crippen molar-refractivity contribution < 1.29 is 28.6 Å². The molecule has 6 heteroatoms. The summed E-state index contributed by atoms with van der Waals surface area (Å²) in [5.41, 5.74) is 0. The maximum absolute atomic E-state index is 12.8. The lowest BCUT2D eigenvalue weighted by atomic mass is 10.1. The minimum atomic E-state index is -0.786. The van der Waals surface area contributed by atoms with Crippen molar-refractivity contribution in [3.63, 3.8) is 0 Å². The molecule has 0 aliphatic heterocycles. The highest BCUT2D eigenvalue weighted by Gasteiger charge is 2.19. The monoisotopic (exact) mass is 945 g/mol. The molecule has 0 rings (SSSR count). The molecule has 0 saturated heterocycles. The van der Waals surface area contributed by atoms with Gasteiger partial charge in [0.15, 0.2) is 6.10 Å².